The molecule has 1 aromatic heterocycles. The topological polar surface area (TPSA) is 38.1 Å². The largest absolute Gasteiger partial charge is 0.445 e. The summed E-state index contributed by atoms with van der Waals surface area (Å²) in [6.07, 6.45) is 3.41. The van der Waals surface area contributed by atoms with Crippen molar-refractivity contribution in [3.05, 3.63) is 52.1 Å². The van der Waals surface area contributed by atoms with Gasteiger partial charge in [-0.3, -0.25) is 0 Å². The van der Waals surface area contributed by atoms with E-state index in [-0.39, 0.29) is 0 Å². The summed E-state index contributed by atoms with van der Waals surface area (Å²) in [6, 6.07) is 8.59. The fraction of sp³-hybridized carbons (Fsp3) is 0.357. The minimum Gasteiger partial charge on any atom is -0.445 e. The lowest BCUT2D eigenvalue weighted by Gasteiger charge is -2.06. The lowest BCUT2D eigenvalue weighted by molar-refractivity contribution is 0.440. The summed E-state index contributed by atoms with van der Waals surface area (Å²) in [5.41, 5.74) is 1.19. The number of hydrogen-bond acceptors (Lipinski definition) is 3. The molecule has 0 spiro atoms. The molecule has 1 unspecified atom stereocenters. The van der Waals surface area contributed by atoms with Crippen LogP contribution in [0.4, 0.5) is 0 Å². The van der Waals surface area contributed by atoms with E-state index in [0.717, 1.165) is 29.0 Å². The highest BCUT2D eigenvalue weighted by atomic mass is 79.9. The molecule has 0 amide bonds. The van der Waals surface area contributed by atoms with Crippen LogP contribution in [0.3, 0.4) is 0 Å². The minimum absolute atomic E-state index is 0.400. The van der Waals surface area contributed by atoms with Crippen molar-refractivity contribution in [2.75, 3.05) is 7.05 Å². The average Bonchev–Trinajstić information content (AvgIpc) is 2.76. The van der Waals surface area contributed by atoms with Crippen molar-refractivity contribution in [1.29, 1.82) is 0 Å². The monoisotopic (exact) mass is 308 g/mol. The average molecular weight is 309 g/mol. The molecule has 0 aliphatic carbocycles. The van der Waals surface area contributed by atoms with E-state index in [0.29, 0.717) is 6.04 Å². The van der Waals surface area contributed by atoms with Crippen LogP contribution in [0.15, 0.2) is 39.4 Å². The number of hydrogen-bond donors (Lipinski definition) is 1. The number of aromatic nitrogens is 1. The molecular formula is C14H17BrN2O. The third-order valence-corrected chi connectivity index (χ3v) is 3.34. The number of halogens is 1. The fourth-order valence-electron chi connectivity index (χ4n) is 1.75. The summed E-state index contributed by atoms with van der Waals surface area (Å²) in [5, 5.41) is 3.19. The van der Waals surface area contributed by atoms with Crippen molar-refractivity contribution in [3.8, 4) is 0 Å². The zero-order chi connectivity index (χ0) is 13.0. The van der Waals surface area contributed by atoms with Gasteiger partial charge in [0.1, 0.15) is 5.76 Å². The number of oxazole rings is 1. The molecule has 1 atom stereocenters. The Morgan fingerprint density at radius 2 is 2.28 bits per heavy atom. The SMILES string of the molecule is CNC(C)Cc1cnc(Cc2cccc(Br)c2)o1. The van der Waals surface area contributed by atoms with E-state index in [1.807, 2.05) is 25.4 Å². The van der Waals surface area contributed by atoms with Gasteiger partial charge in [-0.1, -0.05) is 28.1 Å². The predicted octanol–water partition coefficient (Wildman–Crippen LogP) is 3.18. The molecule has 0 aliphatic rings. The van der Waals surface area contributed by atoms with Crippen LogP contribution in [0.5, 0.6) is 0 Å². The smallest absolute Gasteiger partial charge is 0.198 e. The molecule has 0 bridgehead atoms. The maximum Gasteiger partial charge on any atom is 0.198 e. The summed E-state index contributed by atoms with van der Waals surface area (Å²) < 4.78 is 6.81. The summed E-state index contributed by atoms with van der Waals surface area (Å²) in [5.74, 6) is 1.70. The van der Waals surface area contributed by atoms with Gasteiger partial charge in [0.05, 0.1) is 6.20 Å². The van der Waals surface area contributed by atoms with Gasteiger partial charge in [-0.15, -0.1) is 0 Å². The second kappa shape index (κ2) is 6.16. The van der Waals surface area contributed by atoms with Gasteiger partial charge >= 0.3 is 0 Å². The van der Waals surface area contributed by atoms with Crippen molar-refractivity contribution < 1.29 is 4.42 Å². The van der Waals surface area contributed by atoms with E-state index in [1.165, 1.54) is 5.56 Å². The van der Waals surface area contributed by atoms with Crippen LogP contribution >= 0.6 is 15.9 Å². The van der Waals surface area contributed by atoms with Crippen LogP contribution in [0.2, 0.25) is 0 Å². The first kappa shape index (κ1) is 13.3. The van der Waals surface area contributed by atoms with Gasteiger partial charge in [0, 0.05) is 23.4 Å². The highest BCUT2D eigenvalue weighted by Crippen LogP contribution is 2.16. The van der Waals surface area contributed by atoms with E-state index in [9.17, 15) is 0 Å². The quantitative estimate of drug-likeness (QED) is 0.922. The Morgan fingerprint density at radius 1 is 1.44 bits per heavy atom. The highest BCUT2D eigenvalue weighted by Gasteiger charge is 2.08. The summed E-state index contributed by atoms with van der Waals surface area (Å²) in [7, 11) is 1.95. The molecular weight excluding hydrogens is 292 g/mol. The van der Waals surface area contributed by atoms with Gasteiger partial charge < -0.3 is 9.73 Å². The lowest BCUT2D eigenvalue weighted by Crippen LogP contribution is -2.23. The van der Waals surface area contributed by atoms with Crippen molar-refractivity contribution in [3.63, 3.8) is 0 Å². The van der Waals surface area contributed by atoms with Crippen molar-refractivity contribution in [2.24, 2.45) is 0 Å². The van der Waals surface area contributed by atoms with E-state index >= 15 is 0 Å². The van der Waals surface area contributed by atoms with Crippen LogP contribution in [-0.4, -0.2) is 18.1 Å². The standard InChI is InChI=1S/C14H17BrN2O/c1-10(16-2)6-13-9-17-14(18-13)8-11-4-3-5-12(15)7-11/h3-5,7,9-10,16H,6,8H2,1-2H3. The Hall–Kier alpha value is -1.13. The highest BCUT2D eigenvalue weighted by molar-refractivity contribution is 9.10. The van der Waals surface area contributed by atoms with Crippen LogP contribution in [0, 0.1) is 0 Å². The molecule has 18 heavy (non-hydrogen) atoms. The Morgan fingerprint density at radius 3 is 3.00 bits per heavy atom. The first-order valence-electron chi connectivity index (χ1n) is 6.02. The van der Waals surface area contributed by atoms with Crippen molar-refractivity contribution >= 4 is 15.9 Å². The first-order valence-corrected chi connectivity index (χ1v) is 6.82. The van der Waals surface area contributed by atoms with Gasteiger partial charge in [0.15, 0.2) is 5.89 Å². The Labute approximate surface area is 116 Å². The zero-order valence-electron chi connectivity index (χ0n) is 10.6. The molecule has 0 saturated carbocycles. The maximum absolute atomic E-state index is 5.73. The van der Waals surface area contributed by atoms with E-state index in [4.69, 9.17) is 4.42 Å². The number of nitrogens with zero attached hydrogens (tertiary/aromatic N) is 1. The van der Waals surface area contributed by atoms with Crippen LogP contribution in [-0.2, 0) is 12.8 Å². The van der Waals surface area contributed by atoms with E-state index < -0.39 is 0 Å². The zero-order valence-corrected chi connectivity index (χ0v) is 12.2. The van der Waals surface area contributed by atoms with Crippen molar-refractivity contribution in [1.82, 2.24) is 10.3 Å². The Kier molecular flexibility index (Phi) is 4.55. The van der Waals surface area contributed by atoms with Gasteiger partial charge in [-0.05, 0) is 31.7 Å². The van der Waals surface area contributed by atoms with Crippen molar-refractivity contribution in [2.45, 2.75) is 25.8 Å². The number of benzene rings is 1. The molecule has 1 aromatic carbocycles. The van der Waals surface area contributed by atoms with Gasteiger partial charge in [0.2, 0.25) is 0 Å². The molecule has 0 radical (unpaired) electrons. The van der Waals surface area contributed by atoms with Gasteiger partial charge in [-0.25, -0.2) is 4.98 Å². The predicted molar refractivity (Wildman–Crippen MR) is 75.7 cm³/mol. The third kappa shape index (κ3) is 3.68. The Bertz CT molecular complexity index is 510. The second-order valence-corrected chi connectivity index (χ2v) is 5.34. The van der Waals surface area contributed by atoms with Crippen LogP contribution in [0.1, 0.15) is 24.1 Å². The summed E-state index contributed by atoms with van der Waals surface area (Å²) in [6.45, 7) is 2.12. The molecule has 2 aromatic rings. The summed E-state index contributed by atoms with van der Waals surface area (Å²) in [4.78, 5) is 4.32. The molecule has 3 nitrogen and oxygen atoms in total. The van der Waals surface area contributed by atoms with E-state index in [1.54, 1.807) is 0 Å². The van der Waals surface area contributed by atoms with Crippen LogP contribution < -0.4 is 5.32 Å². The first-order chi connectivity index (χ1) is 8.67. The molecule has 0 saturated heterocycles. The molecule has 4 heteroatoms. The molecule has 0 fully saturated rings. The number of rotatable bonds is 5. The maximum atomic E-state index is 5.73. The molecule has 96 valence electrons. The lowest BCUT2D eigenvalue weighted by atomic mass is 10.1. The number of likely N-dealkylation sites (N-methyl/N-ethyl adjacent to an activating group) is 1. The number of nitrogens with one attached hydrogen (secondary N) is 1. The van der Waals surface area contributed by atoms with Gasteiger partial charge in [-0.2, -0.15) is 0 Å². The third-order valence-electron chi connectivity index (χ3n) is 2.85. The molecule has 0 aliphatic heterocycles. The minimum atomic E-state index is 0.400. The fourth-order valence-corrected chi connectivity index (χ4v) is 2.20. The second-order valence-electron chi connectivity index (χ2n) is 4.42. The van der Waals surface area contributed by atoms with Crippen LogP contribution in [0.25, 0.3) is 0 Å². The molecule has 1 heterocycles. The van der Waals surface area contributed by atoms with E-state index in [2.05, 4.69) is 45.3 Å². The normalized spacial score (nSPS) is 12.6. The summed E-state index contributed by atoms with van der Waals surface area (Å²) >= 11 is 3.46. The Balaban J connectivity index is 2.02. The van der Waals surface area contributed by atoms with Gasteiger partial charge in [0.25, 0.3) is 0 Å². The molecule has 1 N–H and O–H groups in total. The molecule has 2 rings (SSSR count).